The SMILES string of the molecule is CCCC/C=C\CCCCCC(O)CC(=O)NC(COP(=O)(O)OC1C(O)C(O)C(O)C(O)C1O)C(O)/C=C/CC/C=C/CC/C=C/CCCCCCC. The molecule has 0 aromatic rings. The maximum absolute atomic E-state index is 12.9. The summed E-state index contributed by atoms with van der Waals surface area (Å²) in [6.07, 6.45) is 19.4. The van der Waals surface area contributed by atoms with Gasteiger partial charge < -0.3 is 46.0 Å². The van der Waals surface area contributed by atoms with Gasteiger partial charge in [-0.2, -0.15) is 0 Å². The summed E-state index contributed by atoms with van der Waals surface area (Å²) in [5, 5.41) is 74.0. The van der Waals surface area contributed by atoms with Crippen LogP contribution in [0.5, 0.6) is 0 Å². The van der Waals surface area contributed by atoms with Gasteiger partial charge in [-0.25, -0.2) is 4.57 Å². The number of aliphatic hydroxyl groups excluding tert-OH is 7. The van der Waals surface area contributed by atoms with Gasteiger partial charge in [0.1, 0.15) is 36.6 Å². The molecule has 0 aromatic carbocycles. The number of amides is 1. The summed E-state index contributed by atoms with van der Waals surface area (Å²) in [6.45, 7) is 3.61. The van der Waals surface area contributed by atoms with Crippen molar-refractivity contribution in [2.45, 2.75) is 191 Å². The highest BCUT2D eigenvalue weighted by Gasteiger charge is 2.51. The first-order valence-corrected chi connectivity index (χ1v) is 21.7. The van der Waals surface area contributed by atoms with Gasteiger partial charge in [0.15, 0.2) is 0 Å². The Balaban J connectivity index is 2.70. The van der Waals surface area contributed by atoms with E-state index in [1.165, 1.54) is 44.6 Å². The molecule has 0 heterocycles. The zero-order valence-electron chi connectivity index (χ0n) is 32.6. The molecule has 1 fully saturated rings. The Kier molecular flexibility index (Phi) is 28.3. The van der Waals surface area contributed by atoms with Crippen LogP contribution in [0.3, 0.4) is 0 Å². The Morgan fingerprint density at radius 2 is 1.11 bits per heavy atom. The average molecular weight is 790 g/mol. The van der Waals surface area contributed by atoms with E-state index < -0.39 is 75.2 Å². The molecular weight excluding hydrogens is 717 g/mol. The highest BCUT2D eigenvalue weighted by molar-refractivity contribution is 7.47. The fourth-order valence-corrected chi connectivity index (χ4v) is 6.92. The van der Waals surface area contributed by atoms with Crippen LogP contribution in [-0.4, -0.2) is 108 Å². The Bertz CT molecular complexity index is 1120. The van der Waals surface area contributed by atoms with Crippen molar-refractivity contribution in [2.24, 2.45) is 0 Å². The Labute approximate surface area is 323 Å². The average Bonchev–Trinajstić information content (AvgIpc) is 3.14. The molecule has 9 N–H and O–H groups in total. The van der Waals surface area contributed by atoms with Crippen LogP contribution in [0, 0.1) is 0 Å². The molecule has 1 saturated carbocycles. The lowest BCUT2D eigenvalue weighted by Gasteiger charge is -2.41. The molecular formula is C40H72NO12P. The van der Waals surface area contributed by atoms with E-state index in [-0.39, 0.29) is 6.42 Å². The highest BCUT2D eigenvalue weighted by atomic mass is 31.2. The summed E-state index contributed by atoms with van der Waals surface area (Å²) in [4.78, 5) is 23.3. The monoisotopic (exact) mass is 789 g/mol. The fraction of sp³-hybridized carbons (Fsp3) is 0.775. The van der Waals surface area contributed by atoms with E-state index in [2.05, 4.69) is 49.5 Å². The molecule has 8 atom stereocenters. The normalized spacial score (nSPS) is 25.1. The van der Waals surface area contributed by atoms with Crippen molar-refractivity contribution in [2.75, 3.05) is 6.61 Å². The maximum Gasteiger partial charge on any atom is 0.472 e. The van der Waals surface area contributed by atoms with E-state index in [0.717, 1.165) is 57.8 Å². The second kappa shape index (κ2) is 30.4. The van der Waals surface area contributed by atoms with Crippen LogP contribution >= 0.6 is 7.82 Å². The number of carbonyl (C=O) groups excluding carboxylic acids is 1. The summed E-state index contributed by atoms with van der Waals surface area (Å²) < 4.78 is 22.7. The van der Waals surface area contributed by atoms with Gasteiger partial charge in [0.2, 0.25) is 5.91 Å². The third kappa shape index (κ3) is 22.7. The van der Waals surface area contributed by atoms with E-state index >= 15 is 0 Å². The largest absolute Gasteiger partial charge is 0.472 e. The van der Waals surface area contributed by atoms with E-state index in [9.17, 15) is 50.0 Å². The van der Waals surface area contributed by atoms with Crippen molar-refractivity contribution in [3.05, 3.63) is 48.6 Å². The lowest BCUT2D eigenvalue weighted by atomic mass is 9.85. The molecule has 1 amide bonds. The number of unbranched alkanes of at least 4 members (excludes halogenated alkanes) is 12. The molecule has 1 aliphatic rings. The summed E-state index contributed by atoms with van der Waals surface area (Å²) in [5.74, 6) is -0.622. The minimum Gasteiger partial charge on any atom is -0.393 e. The highest BCUT2D eigenvalue weighted by Crippen LogP contribution is 2.47. The number of aliphatic hydroxyl groups is 7. The van der Waals surface area contributed by atoms with Gasteiger partial charge >= 0.3 is 7.82 Å². The second-order valence-electron chi connectivity index (χ2n) is 14.3. The molecule has 1 aliphatic carbocycles. The van der Waals surface area contributed by atoms with Gasteiger partial charge in [-0.1, -0.05) is 114 Å². The van der Waals surface area contributed by atoms with Crippen molar-refractivity contribution in [1.29, 1.82) is 0 Å². The van der Waals surface area contributed by atoms with Crippen LogP contribution in [0.25, 0.3) is 0 Å². The van der Waals surface area contributed by atoms with Crippen LogP contribution in [0.1, 0.15) is 136 Å². The predicted molar refractivity (Wildman–Crippen MR) is 210 cm³/mol. The van der Waals surface area contributed by atoms with Crippen molar-refractivity contribution in [3.63, 3.8) is 0 Å². The van der Waals surface area contributed by atoms with Crippen molar-refractivity contribution >= 4 is 13.7 Å². The first-order chi connectivity index (χ1) is 25.8. The number of carbonyl (C=O) groups is 1. The number of phosphoric acid groups is 1. The molecule has 14 heteroatoms. The molecule has 54 heavy (non-hydrogen) atoms. The van der Waals surface area contributed by atoms with Crippen molar-refractivity contribution in [3.8, 4) is 0 Å². The number of allylic oxidation sites excluding steroid dienone is 7. The summed E-state index contributed by atoms with van der Waals surface area (Å²) in [6, 6.07) is -1.27. The first-order valence-electron chi connectivity index (χ1n) is 20.2. The molecule has 0 bridgehead atoms. The summed E-state index contributed by atoms with van der Waals surface area (Å²) >= 11 is 0. The van der Waals surface area contributed by atoms with Gasteiger partial charge in [-0.05, 0) is 64.2 Å². The molecule has 0 spiro atoms. The van der Waals surface area contributed by atoms with E-state index in [4.69, 9.17) is 9.05 Å². The van der Waals surface area contributed by atoms with Gasteiger partial charge in [-0.15, -0.1) is 0 Å². The lowest BCUT2D eigenvalue weighted by molar-refractivity contribution is -0.220. The first kappa shape index (κ1) is 50.3. The molecule has 0 radical (unpaired) electrons. The number of phosphoric ester groups is 1. The van der Waals surface area contributed by atoms with Gasteiger partial charge in [0, 0.05) is 0 Å². The van der Waals surface area contributed by atoms with E-state index in [0.29, 0.717) is 19.3 Å². The van der Waals surface area contributed by atoms with Crippen LogP contribution in [0.2, 0.25) is 0 Å². The van der Waals surface area contributed by atoms with Crippen molar-refractivity contribution < 1.29 is 59.0 Å². The predicted octanol–water partition coefficient (Wildman–Crippen LogP) is 5.19. The van der Waals surface area contributed by atoms with Crippen molar-refractivity contribution in [1.82, 2.24) is 5.32 Å². The molecule has 0 saturated heterocycles. The third-order valence-corrected chi connectivity index (χ3v) is 10.3. The standard InChI is InChI=1S/C40H72NO12P/c1-3-5-7-9-11-13-14-15-16-17-18-20-22-24-26-28-33(43)32(41-34(44)29-31(42)27-25-23-21-19-12-10-8-6-4-2)30-52-54(50,51)53-40-38(48)36(46)35(45)37(47)39(40)49/h10,12,14-15,18,20,26,28,31-33,35-40,42-43,45-49H,3-9,11,13,16-17,19,21-25,27,29-30H2,1-2H3,(H,41,44)(H,50,51)/b12-10-,15-14+,20-18+,28-26+. The minimum atomic E-state index is -5.15. The van der Waals surface area contributed by atoms with Gasteiger partial charge in [0.05, 0.1) is 31.3 Å². The van der Waals surface area contributed by atoms with Gasteiger partial charge in [-0.3, -0.25) is 13.8 Å². The number of hydrogen-bond donors (Lipinski definition) is 9. The summed E-state index contributed by atoms with van der Waals surface area (Å²) in [7, 11) is -5.15. The van der Waals surface area contributed by atoms with Crippen LogP contribution in [0.15, 0.2) is 48.6 Å². The third-order valence-electron chi connectivity index (χ3n) is 9.36. The van der Waals surface area contributed by atoms with Crippen LogP contribution in [0.4, 0.5) is 0 Å². The number of hydrogen-bond acceptors (Lipinski definition) is 11. The molecule has 13 nitrogen and oxygen atoms in total. The fourth-order valence-electron chi connectivity index (χ4n) is 5.96. The van der Waals surface area contributed by atoms with Crippen LogP contribution in [-0.2, 0) is 18.4 Å². The second-order valence-corrected chi connectivity index (χ2v) is 15.7. The Hall–Kier alpha value is -1.74. The van der Waals surface area contributed by atoms with E-state index in [1.807, 2.05) is 6.08 Å². The maximum atomic E-state index is 12.9. The zero-order chi connectivity index (χ0) is 40.2. The Morgan fingerprint density at radius 1 is 0.648 bits per heavy atom. The summed E-state index contributed by atoms with van der Waals surface area (Å²) in [5.41, 5.74) is 0. The van der Waals surface area contributed by atoms with E-state index in [1.54, 1.807) is 6.08 Å². The number of rotatable bonds is 31. The smallest absolute Gasteiger partial charge is 0.393 e. The minimum absolute atomic E-state index is 0.269. The van der Waals surface area contributed by atoms with Gasteiger partial charge in [0.25, 0.3) is 0 Å². The zero-order valence-corrected chi connectivity index (χ0v) is 33.5. The molecule has 0 aromatic heterocycles. The lowest BCUT2D eigenvalue weighted by Crippen LogP contribution is -2.64. The van der Waals surface area contributed by atoms with Crippen LogP contribution < -0.4 is 5.32 Å². The molecule has 0 aliphatic heterocycles. The number of nitrogens with one attached hydrogen (secondary N) is 1. The quantitative estimate of drug-likeness (QED) is 0.0251. The molecule has 8 unspecified atom stereocenters. The molecule has 314 valence electrons. The topological polar surface area (TPSA) is 226 Å². The Morgan fingerprint density at radius 3 is 1.67 bits per heavy atom. The molecule has 1 rings (SSSR count).